The Hall–Kier alpha value is -3.12. The molecule has 0 bridgehead atoms. The van der Waals surface area contributed by atoms with Crippen LogP contribution < -0.4 is 10.3 Å². The number of H-pyrrole nitrogens is 1. The van der Waals surface area contributed by atoms with E-state index in [-0.39, 0.29) is 11.5 Å². The number of piperazine rings is 1. The molecule has 0 aliphatic carbocycles. The Kier molecular flexibility index (Phi) is 5.91. The minimum absolute atomic E-state index is 0.0414. The predicted octanol–water partition coefficient (Wildman–Crippen LogP) is 2.64. The Morgan fingerprint density at radius 3 is 2.48 bits per heavy atom. The zero-order chi connectivity index (χ0) is 20.1. The number of nitrogens with zero attached hydrogens (tertiary/aromatic N) is 2. The van der Waals surface area contributed by atoms with Crippen molar-refractivity contribution in [2.75, 3.05) is 32.8 Å². The third-order valence-corrected chi connectivity index (χ3v) is 5.28. The monoisotopic (exact) mass is 391 g/mol. The van der Waals surface area contributed by atoms with Gasteiger partial charge in [-0.3, -0.25) is 14.5 Å². The maximum atomic E-state index is 12.4. The first kappa shape index (κ1) is 19.2. The molecule has 0 radical (unpaired) electrons. The summed E-state index contributed by atoms with van der Waals surface area (Å²) in [7, 11) is 0. The van der Waals surface area contributed by atoms with Crippen molar-refractivity contribution in [3.63, 3.8) is 0 Å². The van der Waals surface area contributed by atoms with E-state index in [2.05, 4.69) is 9.88 Å². The average Bonchev–Trinajstić information content (AvgIpc) is 2.75. The van der Waals surface area contributed by atoms with Crippen LogP contribution in [-0.4, -0.2) is 53.5 Å². The zero-order valence-corrected chi connectivity index (χ0v) is 16.3. The van der Waals surface area contributed by atoms with Crippen LogP contribution in [0.25, 0.3) is 10.9 Å². The molecule has 6 nitrogen and oxygen atoms in total. The normalized spacial score (nSPS) is 14.8. The molecule has 1 aromatic heterocycles. The summed E-state index contributed by atoms with van der Waals surface area (Å²) in [4.78, 5) is 31.8. The van der Waals surface area contributed by atoms with Crippen LogP contribution in [0.1, 0.15) is 12.0 Å². The number of carbonyl (C=O) groups is 1. The summed E-state index contributed by atoms with van der Waals surface area (Å²) < 4.78 is 5.62. The van der Waals surface area contributed by atoms with E-state index >= 15 is 0 Å². The van der Waals surface area contributed by atoms with Crippen molar-refractivity contribution < 1.29 is 9.53 Å². The third kappa shape index (κ3) is 4.84. The summed E-state index contributed by atoms with van der Waals surface area (Å²) in [5.41, 5.74) is 1.58. The number of hydrogen-bond acceptors (Lipinski definition) is 4. The highest BCUT2D eigenvalue weighted by Gasteiger charge is 2.21. The molecule has 3 aromatic rings. The molecule has 29 heavy (non-hydrogen) atoms. The largest absolute Gasteiger partial charge is 0.493 e. The number of amides is 1. The summed E-state index contributed by atoms with van der Waals surface area (Å²) in [6.07, 6.45) is 0.374. The fourth-order valence-corrected chi connectivity index (χ4v) is 3.64. The van der Waals surface area contributed by atoms with Gasteiger partial charge in [0.1, 0.15) is 5.75 Å². The van der Waals surface area contributed by atoms with Crippen molar-refractivity contribution in [1.29, 1.82) is 0 Å². The minimum atomic E-state index is -0.0414. The molecule has 0 spiro atoms. The van der Waals surface area contributed by atoms with Crippen molar-refractivity contribution in [1.82, 2.24) is 14.8 Å². The fourth-order valence-electron chi connectivity index (χ4n) is 3.64. The number of hydrogen-bond donors (Lipinski definition) is 1. The Balaban J connectivity index is 1.26. The van der Waals surface area contributed by atoms with Gasteiger partial charge in [0.05, 0.1) is 13.0 Å². The van der Waals surface area contributed by atoms with E-state index < -0.39 is 0 Å². The zero-order valence-electron chi connectivity index (χ0n) is 16.3. The molecule has 4 rings (SSSR count). The number of carbonyl (C=O) groups excluding carboxylic acids is 1. The maximum absolute atomic E-state index is 12.4. The first-order valence-electron chi connectivity index (χ1n) is 9.98. The second kappa shape index (κ2) is 8.92. The van der Waals surface area contributed by atoms with Crippen LogP contribution in [0.5, 0.6) is 5.75 Å². The van der Waals surface area contributed by atoms with Crippen molar-refractivity contribution in [2.45, 2.75) is 13.0 Å². The number of aromatic nitrogens is 1. The number of benzene rings is 2. The van der Waals surface area contributed by atoms with Crippen molar-refractivity contribution in [2.24, 2.45) is 0 Å². The highest BCUT2D eigenvalue weighted by Crippen LogP contribution is 2.13. The molecular weight excluding hydrogens is 366 g/mol. The summed E-state index contributed by atoms with van der Waals surface area (Å²) in [6, 6.07) is 19.3. The van der Waals surface area contributed by atoms with Crippen LogP contribution >= 0.6 is 0 Å². The Morgan fingerprint density at radius 2 is 1.69 bits per heavy atom. The van der Waals surface area contributed by atoms with E-state index in [0.717, 1.165) is 35.3 Å². The number of aromatic amines is 1. The molecule has 2 aromatic carbocycles. The summed E-state index contributed by atoms with van der Waals surface area (Å²) in [5, 5.41) is 1.04. The number of nitrogens with one attached hydrogen (secondary N) is 1. The SMILES string of the molecule is O=C(CCOc1ccccc1)N1CCN(Cc2cc3ccccc3[nH]c2=O)CC1. The highest BCUT2D eigenvalue weighted by atomic mass is 16.5. The molecule has 6 heteroatoms. The van der Waals surface area contributed by atoms with Crippen LogP contribution in [0.3, 0.4) is 0 Å². The molecule has 1 saturated heterocycles. The standard InChI is InChI=1S/C23H25N3O3/c27-22(10-15-29-20-7-2-1-3-8-20)26-13-11-25(12-14-26)17-19-16-18-6-4-5-9-21(18)24-23(19)28/h1-9,16H,10-15,17H2,(H,24,28). The van der Waals surface area contributed by atoms with E-state index in [1.807, 2.05) is 65.6 Å². The van der Waals surface area contributed by atoms with Crippen molar-refractivity contribution in [3.8, 4) is 5.75 Å². The lowest BCUT2D eigenvalue weighted by atomic mass is 10.1. The van der Waals surface area contributed by atoms with Crippen LogP contribution in [0.4, 0.5) is 0 Å². The molecule has 150 valence electrons. The lowest BCUT2D eigenvalue weighted by Gasteiger charge is -2.34. The van der Waals surface area contributed by atoms with Gasteiger partial charge in [-0.1, -0.05) is 36.4 Å². The highest BCUT2D eigenvalue weighted by molar-refractivity contribution is 5.78. The Bertz CT molecular complexity index is 1020. The molecule has 1 aliphatic heterocycles. The van der Waals surface area contributed by atoms with Gasteiger partial charge in [-0.05, 0) is 29.7 Å². The Labute approximate surface area is 169 Å². The van der Waals surface area contributed by atoms with Gasteiger partial charge in [-0.15, -0.1) is 0 Å². The van der Waals surface area contributed by atoms with Gasteiger partial charge in [-0.25, -0.2) is 0 Å². The van der Waals surface area contributed by atoms with Crippen molar-refractivity contribution >= 4 is 16.8 Å². The van der Waals surface area contributed by atoms with Gasteiger partial charge >= 0.3 is 0 Å². The van der Waals surface area contributed by atoms with Crippen LogP contribution in [0.2, 0.25) is 0 Å². The van der Waals surface area contributed by atoms with Crippen molar-refractivity contribution in [3.05, 3.63) is 76.6 Å². The molecule has 0 atom stereocenters. The molecular formula is C23H25N3O3. The van der Waals surface area contributed by atoms with E-state index in [4.69, 9.17) is 4.74 Å². The van der Waals surface area contributed by atoms with Gasteiger partial charge in [0, 0.05) is 43.8 Å². The van der Waals surface area contributed by atoms with E-state index in [9.17, 15) is 9.59 Å². The molecule has 1 N–H and O–H groups in total. The molecule has 1 fully saturated rings. The second-order valence-electron chi connectivity index (χ2n) is 7.28. The quantitative estimate of drug-likeness (QED) is 0.702. The smallest absolute Gasteiger partial charge is 0.252 e. The van der Waals surface area contributed by atoms with E-state index in [1.54, 1.807) is 0 Å². The fraction of sp³-hybridized carbons (Fsp3) is 0.304. The van der Waals surface area contributed by atoms with E-state index in [0.29, 0.717) is 32.7 Å². The van der Waals surface area contributed by atoms with Crippen LogP contribution in [-0.2, 0) is 11.3 Å². The van der Waals surface area contributed by atoms with Gasteiger partial charge in [-0.2, -0.15) is 0 Å². The number of rotatable bonds is 6. The predicted molar refractivity (Wildman–Crippen MR) is 113 cm³/mol. The number of fused-ring (bicyclic) bond motifs is 1. The number of para-hydroxylation sites is 2. The third-order valence-electron chi connectivity index (χ3n) is 5.28. The number of pyridine rings is 1. The number of ether oxygens (including phenoxy) is 1. The topological polar surface area (TPSA) is 65.6 Å². The molecule has 0 saturated carbocycles. The lowest BCUT2D eigenvalue weighted by molar-refractivity contribution is -0.133. The van der Waals surface area contributed by atoms with E-state index in [1.165, 1.54) is 0 Å². The van der Waals surface area contributed by atoms with Gasteiger partial charge in [0.25, 0.3) is 5.56 Å². The lowest BCUT2D eigenvalue weighted by Crippen LogP contribution is -2.48. The molecule has 1 aliphatic rings. The van der Waals surface area contributed by atoms with Gasteiger partial charge < -0.3 is 14.6 Å². The summed E-state index contributed by atoms with van der Waals surface area (Å²) in [6.45, 7) is 3.86. The van der Waals surface area contributed by atoms with Crippen LogP contribution in [0.15, 0.2) is 65.5 Å². The van der Waals surface area contributed by atoms with Crippen LogP contribution in [0, 0.1) is 0 Å². The van der Waals surface area contributed by atoms with Gasteiger partial charge in [0.15, 0.2) is 0 Å². The summed E-state index contributed by atoms with van der Waals surface area (Å²) in [5.74, 6) is 0.898. The molecule has 0 unspecified atom stereocenters. The molecule has 2 heterocycles. The first-order chi connectivity index (χ1) is 14.2. The average molecular weight is 391 g/mol. The first-order valence-corrected chi connectivity index (χ1v) is 9.98. The summed E-state index contributed by atoms with van der Waals surface area (Å²) >= 11 is 0. The maximum Gasteiger partial charge on any atom is 0.252 e. The minimum Gasteiger partial charge on any atom is -0.493 e. The second-order valence-corrected chi connectivity index (χ2v) is 7.28. The Morgan fingerprint density at radius 1 is 0.966 bits per heavy atom. The molecule has 1 amide bonds. The van der Waals surface area contributed by atoms with Gasteiger partial charge in [0.2, 0.25) is 5.91 Å².